The highest BCUT2D eigenvalue weighted by molar-refractivity contribution is 5.97. The van der Waals surface area contributed by atoms with Gasteiger partial charge in [-0.3, -0.25) is 9.55 Å². The lowest BCUT2D eigenvalue weighted by atomic mass is 9.68. The van der Waals surface area contributed by atoms with Gasteiger partial charge in [0.25, 0.3) is 0 Å². The summed E-state index contributed by atoms with van der Waals surface area (Å²) < 4.78 is 99.3. The molecule has 0 spiro atoms. The van der Waals surface area contributed by atoms with E-state index in [9.17, 15) is 10.6 Å². The first kappa shape index (κ1) is 33.3. The van der Waals surface area contributed by atoms with Crippen molar-refractivity contribution in [1.29, 1.82) is 0 Å². The maximum absolute atomic E-state index is 12.0. The Hall–Kier alpha value is -6.26. The largest absolute Gasteiger partial charge is 0.507 e. The molecule has 0 aliphatic rings. The molecule has 0 radical (unpaired) electrons. The number of nitrogens with zero attached hydrogens (tertiary/aromatic N) is 3. The molecule has 332 valence electrons. The van der Waals surface area contributed by atoms with Crippen LogP contribution in [-0.2, 0) is 16.2 Å². The van der Waals surface area contributed by atoms with Crippen LogP contribution in [0.5, 0.6) is 5.75 Å². The Balaban J connectivity index is 1.46. The highest BCUT2D eigenvalue weighted by Crippen LogP contribution is 2.47. The molecule has 6 aromatic carbocycles. The fraction of sp³-hybridized carbons (Fsp3) is 0.311. The van der Waals surface area contributed by atoms with Crippen molar-refractivity contribution in [2.24, 2.45) is 0 Å². The van der Waals surface area contributed by atoms with Gasteiger partial charge < -0.3 is 5.11 Å². The smallest absolute Gasteiger partial charge is 0.149 e. The number of rotatable bonds is 12. The number of aromatic hydroxyl groups is 1. The van der Waals surface area contributed by atoms with Gasteiger partial charge in [0, 0.05) is 21.4 Å². The third-order valence-corrected chi connectivity index (χ3v) is 14.1. The topological polar surface area (TPSA) is 50.9 Å². The summed E-state index contributed by atoms with van der Waals surface area (Å²) in [5.74, 6) is 0.312. The molecule has 0 aliphatic heterocycles. The lowest BCUT2D eigenvalue weighted by Crippen LogP contribution is -2.25. The molecule has 0 fully saturated rings. The van der Waals surface area contributed by atoms with E-state index in [1.54, 1.807) is 6.07 Å². The zero-order chi connectivity index (χ0) is 55.9. The molecule has 4 nitrogen and oxygen atoms in total. The summed E-state index contributed by atoms with van der Waals surface area (Å²) in [6.07, 6.45) is 3.01. The number of para-hydroxylation sites is 1. The summed E-state index contributed by atoms with van der Waals surface area (Å²) in [6, 6.07) is 23.3. The number of aryl methyl sites for hydroxylation is 3. The van der Waals surface area contributed by atoms with E-state index in [2.05, 4.69) is 64.7 Å². The second-order valence-corrected chi connectivity index (χ2v) is 19.2. The van der Waals surface area contributed by atoms with Crippen LogP contribution in [0.25, 0.3) is 72.7 Å². The molecular formula is C61H67N3O. The van der Waals surface area contributed by atoms with Crippen LogP contribution >= 0.6 is 0 Å². The van der Waals surface area contributed by atoms with Crippen LogP contribution in [0.2, 0.25) is 0 Å². The van der Waals surface area contributed by atoms with Crippen LogP contribution in [0.3, 0.4) is 0 Å². The molecule has 0 saturated heterocycles. The molecule has 65 heavy (non-hydrogen) atoms. The Morgan fingerprint density at radius 2 is 1.31 bits per heavy atom. The minimum atomic E-state index is -2.62. The number of pyridine rings is 1. The molecule has 0 atom stereocenters. The minimum Gasteiger partial charge on any atom is -0.507 e. The second-order valence-electron chi connectivity index (χ2n) is 19.2. The molecule has 2 heterocycles. The van der Waals surface area contributed by atoms with Crippen LogP contribution in [0, 0.1) is 20.7 Å². The van der Waals surface area contributed by atoms with Crippen molar-refractivity contribution in [3.8, 4) is 67.5 Å². The van der Waals surface area contributed by atoms with Crippen molar-refractivity contribution in [2.75, 3.05) is 0 Å². The number of phenolic OH excluding ortho intramolecular Hbond substituents is 1. The third-order valence-electron chi connectivity index (χ3n) is 14.1. The predicted molar refractivity (Wildman–Crippen MR) is 276 cm³/mol. The van der Waals surface area contributed by atoms with Crippen molar-refractivity contribution >= 4 is 11.0 Å². The average molecular weight is 869 g/mol. The molecule has 2 aromatic heterocycles. The predicted octanol–water partition coefficient (Wildman–Crippen LogP) is 16.8. The third kappa shape index (κ3) is 8.33. The first-order valence-electron chi connectivity index (χ1n) is 28.4. The standard InChI is InChI=1S/C61H67N3O/c1-13-60(11,14-2)50-25-21-26-51(61(12,15-3)16-4)55(50)44-28-29-53(40(6)34-44)64-54-27-20-24-48(56(54)63-58(64)49-33-39(5)32-41(7)57(49)65)45-35-46(37-47(36-45)59(8,9)10)52-38-43(30-31-62-52)42-22-18-17-19-23-42/h17-38,65H,13-16H2,1-12H3/i6D3,17D,18D,19D,22D,23D,30D,31D,38D. The Morgan fingerprint density at radius 1 is 0.646 bits per heavy atom. The Morgan fingerprint density at radius 3 is 1.95 bits per heavy atom. The molecule has 0 amide bonds. The van der Waals surface area contributed by atoms with Crippen molar-refractivity contribution < 1.29 is 20.2 Å². The van der Waals surface area contributed by atoms with Gasteiger partial charge in [-0.15, -0.1) is 0 Å². The van der Waals surface area contributed by atoms with E-state index in [0.29, 0.717) is 50.4 Å². The van der Waals surface area contributed by atoms with Crippen molar-refractivity contribution in [3.05, 3.63) is 167 Å². The number of hydrogen-bond donors (Lipinski definition) is 1. The summed E-state index contributed by atoms with van der Waals surface area (Å²) in [4.78, 5) is 9.82. The van der Waals surface area contributed by atoms with Gasteiger partial charge in [-0.25, -0.2) is 4.98 Å². The highest BCUT2D eigenvalue weighted by Gasteiger charge is 2.33. The van der Waals surface area contributed by atoms with Crippen molar-refractivity contribution in [3.63, 3.8) is 0 Å². The molecule has 0 unspecified atom stereocenters. The van der Waals surface area contributed by atoms with Crippen LogP contribution in [0.1, 0.15) is 136 Å². The molecule has 8 aromatic rings. The van der Waals surface area contributed by atoms with E-state index in [1.165, 1.54) is 11.1 Å². The number of fused-ring (bicyclic) bond motifs is 1. The van der Waals surface area contributed by atoms with Gasteiger partial charge in [-0.1, -0.05) is 141 Å². The van der Waals surface area contributed by atoms with Gasteiger partial charge >= 0.3 is 0 Å². The van der Waals surface area contributed by atoms with Gasteiger partial charge in [0.05, 0.1) is 38.9 Å². The zero-order valence-corrected chi connectivity index (χ0v) is 39.7. The van der Waals surface area contributed by atoms with Crippen molar-refractivity contribution in [2.45, 2.75) is 125 Å². The van der Waals surface area contributed by atoms with Crippen LogP contribution in [-0.4, -0.2) is 19.6 Å². The first-order chi connectivity index (χ1) is 35.6. The van der Waals surface area contributed by atoms with Crippen LogP contribution in [0.15, 0.2) is 133 Å². The first-order valence-corrected chi connectivity index (χ1v) is 22.9. The van der Waals surface area contributed by atoms with Gasteiger partial charge in [-0.2, -0.15) is 0 Å². The number of hydrogen-bond acceptors (Lipinski definition) is 3. The molecular weight excluding hydrogens is 791 g/mol. The molecule has 4 heteroatoms. The quantitative estimate of drug-likeness (QED) is 0.133. The summed E-state index contributed by atoms with van der Waals surface area (Å²) in [7, 11) is 0. The van der Waals surface area contributed by atoms with Gasteiger partial charge in [-0.05, 0) is 172 Å². The van der Waals surface area contributed by atoms with Crippen LogP contribution in [0.4, 0.5) is 0 Å². The van der Waals surface area contributed by atoms with Gasteiger partial charge in [0.1, 0.15) is 11.6 Å². The lowest BCUT2D eigenvalue weighted by Gasteiger charge is -2.36. The maximum atomic E-state index is 12.0. The van der Waals surface area contributed by atoms with E-state index in [0.717, 1.165) is 47.9 Å². The molecule has 0 saturated carbocycles. The monoisotopic (exact) mass is 869 g/mol. The molecule has 0 bridgehead atoms. The molecule has 0 aliphatic carbocycles. The van der Waals surface area contributed by atoms with E-state index in [-0.39, 0.29) is 45.0 Å². The Kier molecular flexibility index (Phi) is 9.01. The molecule has 8 rings (SSSR count). The van der Waals surface area contributed by atoms with E-state index in [4.69, 9.17) is 14.6 Å². The zero-order valence-electron chi connectivity index (χ0n) is 50.7. The van der Waals surface area contributed by atoms with Gasteiger partial charge in [0.2, 0.25) is 0 Å². The second kappa shape index (κ2) is 17.6. The van der Waals surface area contributed by atoms with E-state index in [1.807, 2.05) is 99.8 Å². The Labute approximate surface area is 403 Å². The summed E-state index contributed by atoms with van der Waals surface area (Å²) >= 11 is 0. The fourth-order valence-corrected chi connectivity index (χ4v) is 9.21. The SMILES string of the molecule is [2H]c1nc(-c2cc(-c3cccc4c3nc(-c3cc(C)cc(C)c3O)n4-c3ccc(-c4c(C(C)(CC)CC)cccc4C(C)(CC)CC)cc3C([2H])([2H])[2H])cc(C(C)(C)C)c2)c([2H])c(-c2c([2H])c([2H])c([2H])c([2H])c2[2H])c1[2H]. The fourth-order valence-electron chi connectivity index (χ4n) is 9.21. The Bertz CT molecular complexity index is 3550. The van der Waals surface area contributed by atoms with E-state index >= 15 is 0 Å². The summed E-state index contributed by atoms with van der Waals surface area (Å²) in [5, 5.41) is 12.0. The summed E-state index contributed by atoms with van der Waals surface area (Å²) in [6.45, 7) is 20.6. The van der Waals surface area contributed by atoms with Crippen molar-refractivity contribution in [1.82, 2.24) is 14.5 Å². The van der Waals surface area contributed by atoms with Crippen LogP contribution < -0.4 is 0 Å². The minimum absolute atomic E-state index is 0.00353. The summed E-state index contributed by atoms with van der Waals surface area (Å²) in [5.41, 5.74) is 8.44. The average Bonchev–Trinajstić information content (AvgIpc) is 3.78. The number of aromatic nitrogens is 3. The number of benzene rings is 6. The molecule has 1 N–H and O–H groups in total. The maximum Gasteiger partial charge on any atom is 0.149 e. The highest BCUT2D eigenvalue weighted by atomic mass is 16.3. The number of phenols is 1. The van der Waals surface area contributed by atoms with Gasteiger partial charge in [0.15, 0.2) is 0 Å². The van der Waals surface area contributed by atoms with E-state index < -0.39 is 54.7 Å². The lowest BCUT2D eigenvalue weighted by molar-refractivity contribution is 0.426. The number of imidazole rings is 1. The normalized spacial score (nSPS) is 14.9.